The summed E-state index contributed by atoms with van der Waals surface area (Å²) in [5, 5.41) is 2.72. The lowest BCUT2D eigenvalue weighted by atomic mass is 10.1. The zero-order valence-corrected chi connectivity index (χ0v) is 16.8. The average molecular weight is 352 g/mol. The molecule has 25 heavy (non-hydrogen) atoms. The Bertz CT molecular complexity index is 350. The van der Waals surface area contributed by atoms with Gasteiger partial charge in [-0.15, -0.1) is 0 Å². The molecule has 0 fully saturated rings. The first kappa shape index (κ1) is 23.9. The largest absolute Gasteiger partial charge is 0.356 e. The van der Waals surface area contributed by atoms with E-state index in [1.54, 1.807) is 0 Å². The van der Waals surface area contributed by atoms with Gasteiger partial charge >= 0.3 is 0 Å². The number of Topliss-reactive ketones (excluding diaryl/α,β-unsaturated/α-hetero) is 1. The Balaban J connectivity index is 3.22. The summed E-state index contributed by atoms with van der Waals surface area (Å²) in [4.78, 5) is 22.4. The predicted octanol–water partition coefficient (Wildman–Crippen LogP) is 6.12. The lowest BCUT2D eigenvalue weighted by Crippen LogP contribution is -2.21. The lowest BCUT2D eigenvalue weighted by molar-refractivity contribution is -0.120. The van der Waals surface area contributed by atoms with Crippen molar-refractivity contribution in [1.82, 2.24) is 5.32 Å². The SMILES string of the molecule is CCCCCCCC=CCCCCCCCC(=O)CCCNC(C)=O. The van der Waals surface area contributed by atoms with E-state index in [0.717, 1.165) is 12.8 Å². The van der Waals surface area contributed by atoms with Gasteiger partial charge in [-0.05, 0) is 38.5 Å². The van der Waals surface area contributed by atoms with Crippen LogP contribution >= 0.6 is 0 Å². The van der Waals surface area contributed by atoms with E-state index in [0.29, 0.717) is 25.2 Å². The quantitative estimate of drug-likeness (QED) is 0.239. The summed E-state index contributed by atoms with van der Waals surface area (Å²) in [5.74, 6) is 0.321. The third kappa shape index (κ3) is 20.8. The van der Waals surface area contributed by atoms with Crippen LogP contribution in [0, 0.1) is 0 Å². The third-order valence-electron chi connectivity index (χ3n) is 4.47. The van der Waals surface area contributed by atoms with Crippen molar-refractivity contribution in [3.8, 4) is 0 Å². The van der Waals surface area contributed by atoms with Crippen molar-refractivity contribution >= 4 is 11.7 Å². The molecule has 0 aromatic carbocycles. The van der Waals surface area contributed by atoms with Gasteiger partial charge in [0.2, 0.25) is 5.91 Å². The highest BCUT2D eigenvalue weighted by molar-refractivity contribution is 5.78. The molecule has 0 saturated carbocycles. The number of ketones is 1. The van der Waals surface area contributed by atoms with Crippen molar-refractivity contribution in [3.05, 3.63) is 12.2 Å². The fraction of sp³-hybridized carbons (Fsp3) is 0.818. The number of amides is 1. The smallest absolute Gasteiger partial charge is 0.216 e. The fourth-order valence-corrected chi connectivity index (χ4v) is 2.89. The molecular formula is C22H41NO2. The molecule has 0 aliphatic heterocycles. The van der Waals surface area contributed by atoms with E-state index < -0.39 is 0 Å². The zero-order chi connectivity index (χ0) is 18.6. The molecule has 0 rings (SSSR count). The summed E-state index contributed by atoms with van der Waals surface area (Å²) < 4.78 is 0. The number of nitrogens with one attached hydrogen (secondary N) is 1. The number of allylic oxidation sites excluding steroid dienone is 2. The van der Waals surface area contributed by atoms with Gasteiger partial charge in [-0.25, -0.2) is 0 Å². The third-order valence-corrected chi connectivity index (χ3v) is 4.47. The van der Waals surface area contributed by atoms with Crippen molar-refractivity contribution < 1.29 is 9.59 Å². The minimum Gasteiger partial charge on any atom is -0.356 e. The van der Waals surface area contributed by atoms with E-state index in [2.05, 4.69) is 24.4 Å². The summed E-state index contributed by atoms with van der Waals surface area (Å²) in [7, 11) is 0. The van der Waals surface area contributed by atoms with Gasteiger partial charge in [0.05, 0.1) is 0 Å². The van der Waals surface area contributed by atoms with Crippen molar-refractivity contribution in [2.24, 2.45) is 0 Å². The van der Waals surface area contributed by atoms with Gasteiger partial charge in [-0.2, -0.15) is 0 Å². The lowest BCUT2D eigenvalue weighted by Gasteiger charge is -2.03. The fourth-order valence-electron chi connectivity index (χ4n) is 2.89. The minimum absolute atomic E-state index is 0.0192. The highest BCUT2D eigenvalue weighted by Crippen LogP contribution is 2.10. The van der Waals surface area contributed by atoms with Crippen LogP contribution in [0.5, 0.6) is 0 Å². The summed E-state index contributed by atoms with van der Waals surface area (Å²) >= 11 is 0. The number of hydrogen-bond donors (Lipinski definition) is 1. The Morgan fingerprint density at radius 2 is 1.24 bits per heavy atom. The summed E-state index contributed by atoms with van der Waals surface area (Å²) in [6, 6.07) is 0. The molecule has 0 heterocycles. The number of rotatable bonds is 18. The Kier molecular flexibility index (Phi) is 18.3. The van der Waals surface area contributed by atoms with Crippen molar-refractivity contribution in [1.29, 1.82) is 0 Å². The first-order valence-electron chi connectivity index (χ1n) is 10.6. The molecule has 0 radical (unpaired) electrons. The number of hydrogen-bond acceptors (Lipinski definition) is 2. The van der Waals surface area contributed by atoms with Crippen LogP contribution < -0.4 is 5.32 Å². The standard InChI is InChI=1S/C22H41NO2/c1-3-4-5-6-7-8-9-10-11-12-13-14-15-16-18-22(25)19-17-20-23-21(2)24/h9-10H,3-8,11-20H2,1-2H3,(H,23,24). The molecule has 0 aliphatic carbocycles. The van der Waals surface area contributed by atoms with Crippen molar-refractivity contribution in [2.45, 2.75) is 110 Å². The second kappa shape index (κ2) is 19.2. The topological polar surface area (TPSA) is 46.2 Å². The number of carbonyl (C=O) groups excluding carboxylic acids is 2. The molecule has 0 unspecified atom stereocenters. The summed E-state index contributed by atoms with van der Waals surface area (Å²) in [6.07, 6.45) is 22.0. The minimum atomic E-state index is -0.0192. The maximum absolute atomic E-state index is 11.7. The van der Waals surface area contributed by atoms with Gasteiger partial charge in [0.25, 0.3) is 0 Å². The van der Waals surface area contributed by atoms with Gasteiger partial charge in [0, 0.05) is 26.3 Å². The second-order valence-electron chi connectivity index (χ2n) is 7.11. The van der Waals surface area contributed by atoms with Gasteiger partial charge in [-0.3, -0.25) is 9.59 Å². The average Bonchev–Trinajstić information content (AvgIpc) is 2.59. The molecule has 0 bridgehead atoms. The summed E-state index contributed by atoms with van der Waals surface area (Å²) in [6.45, 7) is 4.38. The van der Waals surface area contributed by atoms with Crippen LogP contribution in [-0.4, -0.2) is 18.2 Å². The molecule has 1 N–H and O–H groups in total. The number of unbranched alkanes of at least 4 members (excludes halogenated alkanes) is 10. The molecule has 0 spiro atoms. The molecule has 0 saturated heterocycles. The highest BCUT2D eigenvalue weighted by Gasteiger charge is 2.02. The number of carbonyl (C=O) groups is 2. The predicted molar refractivity (Wildman–Crippen MR) is 108 cm³/mol. The van der Waals surface area contributed by atoms with Crippen molar-refractivity contribution in [3.63, 3.8) is 0 Å². The zero-order valence-electron chi connectivity index (χ0n) is 16.8. The van der Waals surface area contributed by atoms with Gasteiger partial charge in [-0.1, -0.05) is 64.0 Å². The molecule has 3 nitrogen and oxygen atoms in total. The molecule has 0 aromatic rings. The molecule has 1 amide bonds. The Hall–Kier alpha value is -1.12. The van der Waals surface area contributed by atoms with Gasteiger partial charge < -0.3 is 5.32 Å². The Morgan fingerprint density at radius 1 is 0.720 bits per heavy atom. The molecule has 0 atom stereocenters. The maximum Gasteiger partial charge on any atom is 0.216 e. The van der Waals surface area contributed by atoms with Crippen LogP contribution in [-0.2, 0) is 9.59 Å². The van der Waals surface area contributed by atoms with Gasteiger partial charge in [0.15, 0.2) is 0 Å². The Labute approximate surface area is 156 Å². The molecular weight excluding hydrogens is 310 g/mol. The van der Waals surface area contributed by atoms with Gasteiger partial charge in [0.1, 0.15) is 5.78 Å². The maximum atomic E-state index is 11.7. The van der Waals surface area contributed by atoms with Crippen molar-refractivity contribution in [2.75, 3.05) is 6.54 Å². The molecule has 0 aliphatic rings. The molecule has 3 heteroatoms. The normalized spacial score (nSPS) is 11.1. The van der Waals surface area contributed by atoms with Crippen LogP contribution in [0.3, 0.4) is 0 Å². The van der Waals surface area contributed by atoms with E-state index in [1.165, 1.54) is 77.6 Å². The van der Waals surface area contributed by atoms with E-state index in [9.17, 15) is 9.59 Å². The van der Waals surface area contributed by atoms with Crippen LogP contribution in [0.25, 0.3) is 0 Å². The molecule has 146 valence electrons. The first-order valence-corrected chi connectivity index (χ1v) is 10.6. The highest BCUT2D eigenvalue weighted by atomic mass is 16.1. The van der Waals surface area contributed by atoms with Crippen LogP contribution in [0.1, 0.15) is 110 Å². The summed E-state index contributed by atoms with van der Waals surface area (Å²) in [5.41, 5.74) is 0. The monoisotopic (exact) mass is 351 g/mol. The van der Waals surface area contributed by atoms with E-state index in [-0.39, 0.29) is 5.91 Å². The van der Waals surface area contributed by atoms with Crippen LogP contribution in [0.2, 0.25) is 0 Å². The molecule has 0 aromatic heterocycles. The van der Waals surface area contributed by atoms with E-state index in [1.807, 2.05) is 0 Å². The van der Waals surface area contributed by atoms with Crippen LogP contribution in [0.4, 0.5) is 0 Å². The second-order valence-corrected chi connectivity index (χ2v) is 7.11. The Morgan fingerprint density at radius 3 is 1.84 bits per heavy atom. The van der Waals surface area contributed by atoms with E-state index in [4.69, 9.17) is 0 Å². The van der Waals surface area contributed by atoms with E-state index >= 15 is 0 Å². The van der Waals surface area contributed by atoms with Crippen LogP contribution in [0.15, 0.2) is 12.2 Å². The first-order chi connectivity index (χ1) is 12.2.